The lowest BCUT2D eigenvalue weighted by Gasteiger charge is -2.05. The Balaban J connectivity index is 2.23. The Hall–Kier alpha value is -1.16. The monoisotopic (exact) mass is 282 g/mol. The van der Waals surface area contributed by atoms with Gasteiger partial charge in [0, 0.05) is 18.6 Å². The Morgan fingerprint density at radius 2 is 2.00 bits per heavy atom. The van der Waals surface area contributed by atoms with Gasteiger partial charge in [0.05, 0.1) is 12.3 Å². The molecule has 0 saturated heterocycles. The van der Waals surface area contributed by atoms with Crippen LogP contribution in [-0.2, 0) is 17.8 Å². The number of nitrogens with zero attached hydrogens (tertiary/aromatic N) is 2. The van der Waals surface area contributed by atoms with Crippen molar-refractivity contribution in [3.8, 4) is 0 Å². The summed E-state index contributed by atoms with van der Waals surface area (Å²) in [6.07, 6.45) is 0.595. The number of hydrogen-bond donors (Lipinski definition) is 0. The van der Waals surface area contributed by atoms with Gasteiger partial charge in [-0.2, -0.15) is 0 Å². The van der Waals surface area contributed by atoms with Gasteiger partial charge in [0.1, 0.15) is 11.0 Å². The second kappa shape index (κ2) is 6.14. The third-order valence-electron chi connectivity index (χ3n) is 2.34. The van der Waals surface area contributed by atoms with E-state index in [-0.39, 0.29) is 0 Å². The summed E-state index contributed by atoms with van der Waals surface area (Å²) in [5.41, 5.74) is 1.82. The summed E-state index contributed by atoms with van der Waals surface area (Å²) in [7, 11) is 1.62. The van der Waals surface area contributed by atoms with E-state index in [1.54, 1.807) is 13.2 Å². The Kier molecular flexibility index (Phi) is 4.53. The minimum Gasteiger partial charge on any atom is -0.378 e. The zero-order valence-electron chi connectivity index (χ0n) is 9.86. The fraction of sp³-hybridized carbons (Fsp3) is 0.231. The van der Waals surface area contributed by atoms with Crippen LogP contribution >= 0.6 is 23.2 Å². The van der Waals surface area contributed by atoms with Crippen LogP contribution in [0.4, 0.5) is 0 Å². The quantitative estimate of drug-likeness (QED) is 0.805. The summed E-state index contributed by atoms with van der Waals surface area (Å²) in [6, 6.07) is 9.30. The molecule has 2 rings (SSSR count). The average molecular weight is 283 g/mol. The second-order valence-electron chi connectivity index (χ2n) is 3.84. The van der Waals surface area contributed by atoms with Crippen molar-refractivity contribution in [2.45, 2.75) is 13.0 Å². The van der Waals surface area contributed by atoms with Gasteiger partial charge < -0.3 is 4.74 Å². The van der Waals surface area contributed by atoms with E-state index in [0.29, 0.717) is 29.0 Å². The van der Waals surface area contributed by atoms with Gasteiger partial charge in [-0.25, -0.2) is 9.97 Å². The maximum absolute atomic E-state index is 5.95. The molecule has 1 aromatic heterocycles. The largest absolute Gasteiger partial charge is 0.378 e. The van der Waals surface area contributed by atoms with Crippen LogP contribution < -0.4 is 0 Å². The average Bonchev–Trinajstić information content (AvgIpc) is 2.28. The molecule has 3 nitrogen and oxygen atoms in total. The lowest BCUT2D eigenvalue weighted by molar-refractivity contribution is 0.181. The first kappa shape index (κ1) is 13.3. The van der Waals surface area contributed by atoms with Crippen molar-refractivity contribution in [3.63, 3.8) is 0 Å². The number of benzene rings is 1. The highest BCUT2D eigenvalue weighted by atomic mass is 35.5. The first-order chi connectivity index (χ1) is 8.67. The van der Waals surface area contributed by atoms with Gasteiger partial charge in [-0.3, -0.25) is 0 Å². The van der Waals surface area contributed by atoms with Gasteiger partial charge in [0.2, 0.25) is 0 Å². The van der Waals surface area contributed by atoms with E-state index in [4.69, 9.17) is 27.9 Å². The topological polar surface area (TPSA) is 35.0 Å². The van der Waals surface area contributed by atoms with E-state index in [0.717, 1.165) is 11.3 Å². The number of rotatable bonds is 4. The predicted molar refractivity (Wildman–Crippen MR) is 72.0 cm³/mol. The molecule has 0 fully saturated rings. The van der Waals surface area contributed by atoms with E-state index in [1.807, 2.05) is 24.3 Å². The highest BCUT2D eigenvalue weighted by Crippen LogP contribution is 2.15. The SMILES string of the molecule is COCc1cc(Cl)nc(Cc2cccc(Cl)c2)n1. The summed E-state index contributed by atoms with van der Waals surface area (Å²) in [6.45, 7) is 0.421. The summed E-state index contributed by atoms with van der Waals surface area (Å²) in [5, 5.41) is 1.13. The first-order valence-corrected chi connectivity index (χ1v) is 6.18. The van der Waals surface area contributed by atoms with Crippen molar-refractivity contribution in [3.05, 3.63) is 57.6 Å². The fourth-order valence-corrected chi connectivity index (χ4v) is 2.08. The minimum absolute atomic E-state index is 0.421. The standard InChI is InChI=1S/C13H12Cl2N2O/c1-18-8-11-7-12(15)17-13(16-11)6-9-3-2-4-10(14)5-9/h2-5,7H,6,8H2,1H3. The van der Waals surface area contributed by atoms with E-state index in [2.05, 4.69) is 9.97 Å². The molecule has 1 heterocycles. The highest BCUT2D eigenvalue weighted by Gasteiger charge is 2.05. The Morgan fingerprint density at radius 3 is 2.72 bits per heavy atom. The van der Waals surface area contributed by atoms with Crippen molar-refractivity contribution < 1.29 is 4.74 Å². The zero-order chi connectivity index (χ0) is 13.0. The zero-order valence-corrected chi connectivity index (χ0v) is 11.4. The summed E-state index contributed by atoms with van der Waals surface area (Å²) >= 11 is 11.9. The van der Waals surface area contributed by atoms with Crippen molar-refractivity contribution in [1.29, 1.82) is 0 Å². The van der Waals surface area contributed by atoms with Crippen LogP contribution in [0.1, 0.15) is 17.1 Å². The molecule has 2 aromatic rings. The maximum atomic E-state index is 5.95. The molecule has 1 aromatic carbocycles. The van der Waals surface area contributed by atoms with Crippen molar-refractivity contribution in [2.75, 3.05) is 7.11 Å². The summed E-state index contributed by atoms with van der Waals surface area (Å²) < 4.78 is 5.04. The normalized spacial score (nSPS) is 10.6. The predicted octanol–water partition coefficient (Wildman–Crippen LogP) is 3.52. The van der Waals surface area contributed by atoms with Gasteiger partial charge in [-0.05, 0) is 23.8 Å². The molecule has 0 saturated carbocycles. The molecule has 0 unspecified atom stereocenters. The number of ether oxygens (including phenoxy) is 1. The first-order valence-electron chi connectivity index (χ1n) is 5.43. The van der Waals surface area contributed by atoms with Crippen LogP contribution in [0.2, 0.25) is 10.2 Å². The van der Waals surface area contributed by atoms with E-state index >= 15 is 0 Å². The minimum atomic E-state index is 0.421. The van der Waals surface area contributed by atoms with Crippen LogP contribution in [0.5, 0.6) is 0 Å². The molecule has 5 heteroatoms. The lowest BCUT2D eigenvalue weighted by atomic mass is 10.1. The molecule has 0 amide bonds. The van der Waals surface area contributed by atoms with Crippen LogP contribution in [0, 0.1) is 0 Å². The molecule has 0 N–H and O–H groups in total. The number of methoxy groups -OCH3 is 1. The highest BCUT2D eigenvalue weighted by molar-refractivity contribution is 6.30. The van der Waals surface area contributed by atoms with Crippen LogP contribution in [-0.4, -0.2) is 17.1 Å². The molecule has 0 atom stereocenters. The third kappa shape index (κ3) is 3.67. The Morgan fingerprint density at radius 1 is 1.17 bits per heavy atom. The Labute approximate surface area is 116 Å². The van der Waals surface area contributed by atoms with Crippen molar-refractivity contribution in [2.24, 2.45) is 0 Å². The summed E-state index contributed by atoms with van der Waals surface area (Å²) in [5.74, 6) is 0.664. The van der Waals surface area contributed by atoms with Gasteiger partial charge in [-0.1, -0.05) is 35.3 Å². The molecule has 0 aliphatic rings. The van der Waals surface area contributed by atoms with Gasteiger partial charge in [0.25, 0.3) is 0 Å². The second-order valence-corrected chi connectivity index (χ2v) is 4.66. The van der Waals surface area contributed by atoms with Crippen molar-refractivity contribution in [1.82, 2.24) is 9.97 Å². The molecule has 0 radical (unpaired) electrons. The maximum Gasteiger partial charge on any atom is 0.134 e. The number of hydrogen-bond acceptors (Lipinski definition) is 3. The van der Waals surface area contributed by atoms with Crippen LogP contribution in [0.15, 0.2) is 30.3 Å². The molecule has 0 aliphatic heterocycles. The summed E-state index contributed by atoms with van der Waals surface area (Å²) in [4.78, 5) is 8.58. The third-order valence-corrected chi connectivity index (χ3v) is 2.77. The molecule has 18 heavy (non-hydrogen) atoms. The molecular weight excluding hydrogens is 271 g/mol. The van der Waals surface area contributed by atoms with Crippen molar-refractivity contribution >= 4 is 23.2 Å². The molecular formula is C13H12Cl2N2O. The number of aromatic nitrogens is 2. The van der Waals surface area contributed by atoms with E-state index in [1.165, 1.54) is 0 Å². The Bertz CT molecular complexity index is 546. The van der Waals surface area contributed by atoms with Gasteiger partial charge in [-0.15, -0.1) is 0 Å². The van der Waals surface area contributed by atoms with Crippen LogP contribution in [0.3, 0.4) is 0 Å². The van der Waals surface area contributed by atoms with Gasteiger partial charge >= 0.3 is 0 Å². The van der Waals surface area contributed by atoms with E-state index < -0.39 is 0 Å². The molecule has 94 valence electrons. The molecule has 0 aliphatic carbocycles. The van der Waals surface area contributed by atoms with E-state index in [9.17, 15) is 0 Å². The fourth-order valence-electron chi connectivity index (χ4n) is 1.65. The molecule has 0 spiro atoms. The molecule has 0 bridgehead atoms. The van der Waals surface area contributed by atoms with Gasteiger partial charge in [0.15, 0.2) is 0 Å². The smallest absolute Gasteiger partial charge is 0.134 e. The number of halogens is 2. The lowest BCUT2D eigenvalue weighted by Crippen LogP contribution is -2.02. The van der Waals surface area contributed by atoms with Crippen LogP contribution in [0.25, 0.3) is 0 Å².